The van der Waals surface area contributed by atoms with Gasteiger partial charge < -0.3 is 16.2 Å². The minimum Gasteiger partial charge on any atom is -0.478 e. The molecule has 0 aromatic carbocycles. The minimum absolute atomic E-state index is 0.0521. The van der Waals surface area contributed by atoms with E-state index in [4.69, 9.17) is 10.8 Å². The van der Waals surface area contributed by atoms with Crippen LogP contribution in [0.4, 0.5) is 4.79 Å². The highest BCUT2D eigenvalue weighted by Gasteiger charge is 2.10. The Morgan fingerprint density at radius 1 is 1.67 bits per heavy atom. The lowest BCUT2D eigenvalue weighted by molar-refractivity contribution is -0.132. The maximum absolute atomic E-state index is 10.3. The molecule has 1 unspecified atom stereocenters. The lowest BCUT2D eigenvalue weighted by Gasteiger charge is -2.10. The van der Waals surface area contributed by atoms with Gasteiger partial charge in [-0.1, -0.05) is 6.58 Å². The zero-order chi connectivity index (χ0) is 9.72. The van der Waals surface area contributed by atoms with E-state index in [1.54, 1.807) is 6.92 Å². The van der Waals surface area contributed by atoms with Crippen LogP contribution in [0, 0.1) is 0 Å². The van der Waals surface area contributed by atoms with Crippen LogP contribution in [0.5, 0.6) is 0 Å². The van der Waals surface area contributed by atoms with E-state index in [0.29, 0.717) is 0 Å². The number of carbonyl (C=O) groups is 2. The fourth-order valence-corrected chi connectivity index (χ4v) is 0.751. The molecule has 5 nitrogen and oxygen atoms in total. The summed E-state index contributed by atoms with van der Waals surface area (Å²) in [6.07, 6.45) is 0.193. The standard InChI is InChI=1S/C7H12N2O3/c1-4(6(10)11)3-5(2)9-7(8)12/h5H,1,3H2,2H3,(H,10,11)(H3,8,9,12). The maximum Gasteiger partial charge on any atom is 0.331 e. The molecule has 0 aliphatic heterocycles. The molecule has 68 valence electrons. The molecule has 2 amide bonds. The number of carbonyl (C=O) groups excluding carboxylic acids is 1. The van der Waals surface area contributed by atoms with E-state index in [2.05, 4.69) is 11.9 Å². The van der Waals surface area contributed by atoms with Crippen molar-refractivity contribution >= 4 is 12.0 Å². The van der Waals surface area contributed by atoms with E-state index in [9.17, 15) is 9.59 Å². The van der Waals surface area contributed by atoms with Crippen LogP contribution < -0.4 is 11.1 Å². The van der Waals surface area contributed by atoms with Gasteiger partial charge in [0.2, 0.25) is 0 Å². The van der Waals surface area contributed by atoms with Gasteiger partial charge in [-0.05, 0) is 13.3 Å². The Balaban J connectivity index is 3.84. The number of primary amides is 1. The zero-order valence-electron chi connectivity index (χ0n) is 6.83. The first-order chi connectivity index (χ1) is 5.43. The summed E-state index contributed by atoms with van der Waals surface area (Å²) in [6.45, 7) is 4.96. The molecule has 12 heavy (non-hydrogen) atoms. The molecule has 0 aromatic rings. The summed E-state index contributed by atoms with van der Waals surface area (Å²) in [6, 6.07) is -0.966. The summed E-state index contributed by atoms with van der Waals surface area (Å²) in [5, 5.41) is 10.8. The molecule has 0 saturated heterocycles. The van der Waals surface area contributed by atoms with Gasteiger partial charge in [-0.25, -0.2) is 9.59 Å². The van der Waals surface area contributed by atoms with Gasteiger partial charge in [0.15, 0.2) is 0 Å². The molecular formula is C7H12N2O3. The van der Waals surface area contributed by atoms with Gasteiger partial charge in [-0.15, -0.1) is 0 Å². The van der Waals surface area contributed by atoms with Crippen molar-refractivity contribution in [3.63, 3.8) is 0 Å². The molecule has 0 aromatic heterocycles. The van der Waals surface area contributed by atoms with Gasteiger partial charge in [-0.3, -0.25) is 0 Å². The lowest BCUT2D eigenvalue weighted by Crippen LogP contribution is -2.37. The molecule has 1 atom stereocenters. The second-order valence-electron chi connectivity index (χ2n) is 2.52. The molecule has 0 aliphatic rings. The molecule has 0 bridgehead atoms. The number of aliphatic carboxylic acids is 1. The monoisotopic (exact) mass is 172 g/mol. The van der Waals surface area contributed by atoms with E-state index in [1.807, 2.05) is 0 Å². The van der Waals surface area contributed by atoms with E-state index in [1.165, 1.54) is 0 Å². The van der Waals surface area contributed by atoms with E-state index < -0.39 is 12.0 Å². The third-order valence-corrected chi connectivity index (χ3v) is 1.24. The maximum atomic E-state index is 10.3. The second-order valence-corrected chi connectivity index (χ2v) is 2.52. The molecule has 4 N–H and O–H groups in total. The van der Waals surface area contributed by atoms with Gasteiger partial charge in [0.05, 0.1) is 0 Å². The number of urea groups is 1. The first-order valence-electron chi connectivity index (χ1n) is 3.40. The first-order valence-corrected chi connectivity index (χ1v) is 3.40. The summed E-state index contributed by atoms with van der Waals surface area (Å²) in [7, 11) is 0. The minimum atomic E-state index is -1.06. The van der Waals surface area contributed by atoms with Crippen LogP contribution >= 0.6 is 0 Å². The van der Waals surface area contributed by atoms with E-state index in [0.717, 1.165) is 0 Å². The predicted molar refractivity (Wildman–Crippen MR) is 43.6 cm³/mol. The van der Waals surface area contributed by atoms with Crippen molar-refractivity contribution in [3.05, 3.63) is 12.2 Å². The van der Waals surface area contributed by atoms with Gasteiger partial charge in [0, 0.05) is 11.6 Å². The molecule has 0 fully saturated rings. The fraction of sp³-hybridized carbons (Fsp3) is 0.429. The summed E-state index contributed by atoms with van der Waals surface area (Å²) in [4.78, 5) is 20.6. The molecule has 0 spiro atoms. The number of rotatable bonds is 4. The Bertz CT molecular complexity index is 213. The molecular weight excluding hydrogens is 160 g/mol. The van der Waals surface area contributed by atoms with Crippen molar-refractivity contribution in [2.24, 2.45) is 5.73 Å². The lowest BCUT2D eigenvalue weighted by atomic mass is 10.1. The van der Waals surface area contributed by atoms with Gasteiger partial charge in [0.1, 0.15) is 0 Å². The van der Waals surface area contributed by atoms with Crippen LogP contribution in [0.25, 0.3) is 0 Å². The Hall–Kier alpha value is -1.52. The van der Waals surface area contributed by atoms with Crippen molar-refractivity contribution in [1.29, 1.82) is 0 Å². The van der Waals surface area contributed by atoms with Crippen molar-refractivity contribution < 1.29 is 14.7 Å². The quantitative estimate of drug-likeness (QED) is 0.524. The molecule has 0 saturated carbocycles. The predicted octanol–water partition coefficient (Wildman–Crippen LogP) is 0.0741. The van der Waals surface area contributed by atoms with Crippen LogP contribution in [0.2, 0.25) is 0 Å². The van der Waals surface area contributed by atoms with Crippen LogP contribution in [-0.2, 0) is 4.79 Å². The molecule has 0 aliphatic carbocycles. The number of hydrogen-bond acceptors (Lipinski definition) is 2. The Morgan fingerprint density at radius 2 is 2.17 bits per heavy atom. The van der Waals surface area contributed by atoms with Crippen LogP contribution in [0.15, 0.2) is 12.2 Å². The molecule has 0 heterocycles. The number of nitrogens with two attached hydrogens (primary N) is 1. The topological polar surface area (TPSA) is 92.4 Å². The third kappa shape index (κ3) is 4.32. The summed E-state index contributed by atoms with van der Waals surface area (Å²) in [5.74, 6) is -1.06. The zero-order valence-corrected chi connectivity index (χ0v) is 6.83. The van der Waals surface area contributed by atoms with Crippen LogP contribution in [0.1, 0.15) is 13.3 Å². The highest BCUT2D eigenvalue weighted by molar-refractivity contribution is 5.85. The Morgan fingerprint density at radius 3 is 2.50 bits per heavy atom. The van der Waals surface area contributed by atoms with Gasteiger partial charge in [-0.2, -0.15) is 0 Å². The summed E-state index contributed by atoms with van der Waals surface area (Å²) >= 11 is 0. The molecule has 0 radical (unpaired) electrons. The number of nitrogens with one attached hydrogen (secondary N) is 1. The third-order valence-electron chi connectivity index (χ3n) is 1.24. The van der Waals surface area contributed by atoms with Gasteiger partial charge >= 0.3 is 12.0 Å². The van der Waals surface area contributed by atoms with Crippen molar-refractivity contribution in [2.45, 2.75) is 19.4 Å². The smallest absolute Gasteiger partial charge is 0.331 e. The Labute approximate surface area is 70.2 Å². The molecule has 5 heteroatoms. The van der Waals surface area contributed by atoms with Crippen molar-refractivity contribution in [3.8, 4) is 0 Å². The summed E-state index contributed by atoms with van der Waals surface area (Å²) < 4.78 is 0. The normalized spacial score (nSPS) is 11.8. The first kappa shape index (κ1) is 10.5. The fourth-order valence-electron chi connectivity index (χ4n) is 0.751. The Kier molecular flexibility index (Phi) is 3.82. The second kappa shape index (κ2) is 4.38. The van der Waals surface area contributed by atoms with Crippen molar-refractivity contribution in [2.75, 3.05) is 0 Å². The number of carboxylic acids is 1. The number of hydrogen-bond donors (Lipinski definition) is 3. The van der Waals surface area contributed by atoms with Crippen molar-refractivity contribution in [1.82, 2.24) is 5.32 Å². The van der Waals surface area contributed by atoms with E-state index in [-0.39, 0.29) is 18.0 Å². The summed E-state index contributed by atoms with van der Waals surface area (Å²) in [5.41, 5.74) is 4.87. The number of carboxylic acid groups (broad SMARTS) is 1. The van der Waals surface area contributed by atoms with Crippen LogP contribution in [0.3, 0.4) is 0 Å². The average Bonchev–Trinajstić information content (AvgIpc) is 1.84. The SMILES string of the molecule is C=C(CC(C)NC(N)=O)C(=O)O. The largest absolute Gasteiger partial charge is 0.478 e. The number of amides is 2. The van der Waals surface area contributed by atoms with Gasteiger partial charge in [0.25, 0.3) is 0 Å². The highest BCUT2D eigenvalue weighted by Crippen LogP contribution is 2.01. The van der Waals surface area contributed by atoms with Crippen LogP contribution in [-0.4, -0.2) is 23.1 Å². The van der Waals surface area contributed by atoms with E-state index >= 15 is 0 Å². The molecule has 0 rings (SSSR count). The highest BCUT2D eigenvalue weighted by atomic mass is 16.4. The average molecular weight is 172 g/mol.